The van der Waals surface area contributed by atoms with Crippen LogP contribution in [0.2, 0.25) is 0 Å². The minimum absolute atomic E-state index is 0.593. The van der Waals surface area contributed by atoms with Gasteiger partial charge < -0.3 is 4.74 Å². The molecule has 0 aliphatic rings. The second kappa shape index (κ2) is 4.76. The summed E-state index contributed by atoms with van der Waals surface area (Å²) in [4.78, 5) is 4.57. The molecular weight excluding hydrogens is 218 g/mol. The summed E-state index contributed by atoms with van der Waals surface area (Å²) in [6.07, 6.45) is 0. The van der Waals surface area contributed by atoms with Gasteiger partial charge in [0.15, 0.2) is 0 Å². The molecule has 0 N–H and O–H groups in total. The van der Waals surface area contributed by atoms with E-state index in [2.05, 4.69) is 42.4 Å². The van der Waals surface area contributed by atoms with Crippen molar-refractivity contribution in [3.05, 3.63) is 39.7 Å². The smallest absolute Gasteiger partial charge is 0.119 e. The first-order valence-corrected chi connectivity index (χ1v) is 6.09. The van der Waals surface area contributed by atoms with Gasteiger partial charge in [-0.1, -0.05) is 17.7 Å². The van der Waals surface area contributed by atoms with E-state index in [4.69, 9.17) is 4.74 Å². The molecular formula is C13H15NOS. The summed E-state index contributed by atoms with van der Waals surface area (Å²) in [6.45, 7) is 4.81. The first kappa shape index (κ1) is 11.3. The van der Waals surface area contributed by atoms with Crippen LogP contribution in [0.5, 0.6) is 0 Å². The number of thiazole rings is 1. The standard InChI is InChI=1S/C13H15NOS/c1-9-4-5-10(2)11(6-9)12-8-16-13(14-12)7-15-3/h4-6,8H,7H2,1-3H3. The van der Waals surface area contributed by atoms with Crippen LogP contribution in [0.25, 0.3) is 11.3 Å². The molecule has 0 saturated carbocycles. The molecule has 16 heavy (non-hydrogen) atoms. The number of nitrogens with zero attached hydrogens (tertiary/aromatic N) is 1. The Morgan fingerprint density at radius 2 is 2.12 bits per heavy atom. The molecule has 84 valence electrons. The Morgan fingerprint density at radius 1 is 1.31 bits per heavy atom. The summed E-state index contributed by atoms with van der Waals surface area (Å²) < 4.78 is 5.08. The molecule has 0 spiro atoms. The van der Waals surface area contributed by atoms with E-state index in [0.717, 1.165) is 10.7 Å². The molecule has 1 aromatic carbocycles. The second-order valence-electron chi connectivity index (χ2n) is 3.88. The molecule has 0 fully saturated rings. The lowest BCUT2D eigenvalue weighted by molar-refractivity contribution is 0.184. The predicted octanol–water partition coefficient (Wildman–Crippen LogP) is 3.57. The van der Waals surface area contributed by atoms with Crippen molar-refractivity contribution in [3.8, 4) is 11.3 Å². The Labute approximate surface area is 99.9 Å². The molecule has 0 unspecified atom stereocenters. The fourth-order valence-corrected chi connectivity index (χ4v) is 2.40. The summed E-state index contributed by atoms with van der Waals surface area (Å²) in [5.74, 6) is 0. The molecule has 0 amide bonds. The summed E-state index contributed by atoms with van der Waals surface area (Å²) in [7, 11) is 1.69. The topological polar surface area (TPSA) is 22.1 Å². The number of aryl methyl sites for hydroxylation is 2. The highest BCUT2D eigenvalue weighted by Gasteiger charge is 2.07. The Balaban J connectivity index is 2.38. The van der Waals surface area contributed by atoms with Crippen molar-refractivity contribution in [3.63, 3.8) is 0 Å². The SMILES string of the molecule is COCc1nc(-c2cc(C)ccc2C)cs1. The second-order valence-corrected chi connectivity index (χ2v) is 4.82. The van der Waals surface area contributed by atoms with Gasteiger partial charge in [0, 0.05) is 18.1 Å². The molecule has 0 aliphatic heterocycles. The van der Waals surface area contributed by atoms with Crippen LogP contribution in [0.15, 0.2) is 23.6 Å². The Hall–Kier alpha value is -1.19. The maximum Gasteiger partial charge on any atom is 0.119 e. The summed E-state index contributed by atoms with van der Waals surface area (Å²) in [6, 6.07) is 6.45. The number of methoxy groups -OCH3 is 1. The summed E-state index contributed by atoms with van der Waals surface area (Å²) >= 11 is 1.65. The predicted molar refractivity (Wildman–Crippen MR) is 67.7 cm³/mol. The third-order valence-corrected chi connectivity index (χ3v) is 3.31. The van der Waals surface area contributed by atoms with Gasteiger partial charge in [-0.05, 0) is 25.5 Å². The van der Waals surface area contributed by atoms with E-state index in [1.165, 1.54) is 16.7 Å². The van der Waals surface area contributed by atoms with Crippen molar-refractivity contribution in [2.45, 2.75) is 20.5 Å². The van der Waals surface area contributed by atoms with Gasteiger partial charge in [0.1, 0.15) is 5.01 Å². The van der Waals surface area contributed by atoms with Crippen molar-refractivity contribution in [1.82, 2.24) is 4.98 Å². The third-order valence-electron chi connectivity index (χ3n) is 2.49. The first-order valence-electron chi connectivity index (χ1n) is 5.21. The van der Waals surface area contributed by atoms with Crippen LogP contribution in [0.3, 0.4) is 0 Å². The fourth-order valence-electron chi connectivity index (χ4n) is 1.64. The Bertz CT molecular complexity index is 490. The van der Waals surface area contributed by atoms with E-state index in [-0.39, 0.29) is 0 Å². The van der Waals surface area contributed by atoms with E-state index in [1.54, 1.807) is 18.4 Å². The van der Waals surface area contributed by atoms with Crippen molar-refractivity contribution in [2.24, 2.45) is 0 Å². The Morgan fingerprint density at radius 3 is 2.88 bits per heavy atom. The summed E-state index contributed by atoms with van der Waals surface area (Å²) in [5, 5.41) is 3.12. The van der Waals surface area contributed by atoms with Crippen molar-refractivity contribution in [2.75, 3.05) is 7.11 Å². The van der Waals surface area contributed by atoms with Crippen molar-refractivity contribution >= 4 is 11.3 Å². The quantitative estimate of drug-likeness (QED) is 0.808. The maximum atomic E-state index is 5.08. The van der Waals surface area contributed by atoms with Gasteiger partial charge >= 0.3 is 0 Å². The van der Waals surface area contributed by atoms with Gasteiger partial charge in [-0.3, -0.25) is 0 Å². The number of ether oxygens (including phenoxy) is 1. The number of benzene rings is 1. The van der Waals surface area contributed by atoms with Gasteiger partial charge in [0.05, 0.1) is 12.3 Å². The lowest BCUT2D eigenvalue weighted by Crippen LogP contribution is -1.88. The first-order chi connectivity index (χ1) is 7.70. The number of hydrogen-bond acceptors (Lipinski definition) is 3. The van der Waals surface area contributed by atoms with E-state index >= 15 is 0 Å². The van der Waals surface area contributed by atoms with Gasteiger partial charge in [-0.2, -0.15) is 0 Å². The number of aromatic nitrogens is 1. The zero-order chi connectivity index (χ0) is 11.5. The lowest BCUT2D eigenvalue weighted by Gasteiger charge is -2.03. The molecule has 1 heterocycles. The highest BCUT2D eigenvalue weighted by Crippen LogP contribution is 2.26. The zero-order valence-electron chi connectivity index (χ0n) is 9.78. The summed E-state index contributed by atoms with van der Waals surface area (Å²) in [5.41, 5.74) is 4.80. The van der Waals surface area contributed by atoms with E-state index in [0.29, 0.717) is 6.61 Å². The molecule has 2 aromatic rings. The van der Waals surface area contributed by atoms with Crippen LogP contribution in [0.1, 0.15) is 16.1 Å². The molecule has 0 bridgehead atoms. The van der Waals surface area contributed by atoms with Crippen LogP contribution in [0.4, 0.5) is 0 Å². The molecule has 0 aliphatic carbocycles. The van der Waals surface area contributed by atoms with E-state index in [1.807, 2.05) is 0 Å². The minimum atomic E-state index is 0.593. The third kappa shape index (κ3) is 2.31. The molecule has 1 aromatic heterocycles. The lowest BCUT2D eigenvalue weighted by atomic mass is 10.0. The van der Waals surface area contributed by atoms with Gasteiger partial charge in [0.25, 0.3) is 0 Å². The van der Waals surface area contributed by atoms with Crippen LogP contribution in [-0.2, 0) is 11.3 Å². The monoisotopic (exact) mass is 233 g/mol. The largest absolute Gasteiger partial charge is 0.378 e. The van der Waals surface area contributed by atoms with E-state index in [9.17, 15) is 0 Å². The van der Waals surface area contributed by atoms with Crippen molar-refractivity contribution < 1.29 is 4.74 Å². The molecule has 2 nitrogen and oxygen atoms in total. The molecule has 0 saturated heterocycles. The van der Waals surface area contributed by atoms with Gasteiger partial charge in [0.2, 0.25) is 0 Å². The molecule has 2 rings (SSSR count). The number of rotatable bonds is 3. The maximum absolute atomic E-state index is 5.08. The fraction of sp³-hybridized carbons (Fsp3) is 0.308. The highest BCUT2D eigenvalue weighted by molar-refractivity contribution is 7.09. The molecule has 3 heteroatoms. The zero-order valence-corrected chi connectivity index (χ0v) is 10.6. The minimum Gasteiger partial charge on any atom is -0.378 e. The van der Waals surface area contributed by atoms with Gasteiger partial charge in [-0.15, -0.1) is 11.3 Å². The van der Waals surface area contributed by atoms with Crippen LogP contribution in [-0.4, -0.2) is 12.1 Å². The molecule has 0 atom stereocenters. The average Bonchev–Trinajstić information content (AvgIpc) is 2.71. The van der Waals surface area contributed by atoms with Crippen LogP contribution in [0, 0.1) is 13.8 Å². The van der Waals surface area contributed by atoms with Crippen LogP contribution >= 0.6 is 11.3 Å². The highest BCUT2D eigenvalue weighted by atomic mass is 32.1. The van der Waals surface area contributed by atoms with Gasteiger partial charge in [-0.25, -0.2) is 4.98 Å². The number of hydrogen-bond donors (Lipinski definition) is 0. The normalized spacial score (nSPS) is 10.7. The Kier molecular flexibility index (Phi) is 3.36. The van der Waals surface area contributed by atoms with Crippen LogP contribution < -0.4 is 0 Å². The van der Waals surface area contributed by atoms with Crippen molar-refractivity contribution in [1.29, 1.82) is 0 Å². The average molecular weight is 233 g/mol. The molecule has 0 radical (unpaired) electrons. The van der Waals surface area contributed by atoms with E-state index < -0.39 is 0 Å².